The lowest BCUT2D eigenvalue weighted by Crippen LogP contribution is -2.07. The van der Waals surface area contributed by atoms with Gasteiger partial charge in [0.15, 0.2) is 0 Å². The van der Waals surface area contributed by atoms with Crippen LogP contribution in [-0.2, 0) is 11.2 Å². The smallest absolute Gasteiger partial charge is 0.250 e. The van der Waals surface area contributed by atoms with Crippen LogP contribution < -0.4 is 5.32 Å². The lowest BCUT2D eigenvalue weighted by atomic mass is 10.2. The molecule has 0 saturated carbocycles. The zero-order chi connectivity index (χ0) is 16.8. The molecule has 0 saturated heterocycles. The summed E-state index contributed by atoms with van der Waals surface area (Å²) in [5.41, 5.74) is 2.11. The van der Waals surface area contributed by atoms with Crippen LogP contribution in [0.3, 0.4) is 0 Å². The number of hydrogen-bond acceptors (Lipinski definition) is 4. The zero-order valence-corrected chi connectivity index (χ0v) is 15.0. The van der Waals surface area contributed by atoms with Gasteiger partial charge in [0.05, 0.1) is 0 Å². The van der Waals surface area contributed by atoms with Crippen LogP contribution in [0.15, 0.2) is 65.1 Å². The van der Waals surface area contributed by atoms with Crippen LogP contribution in [-0.4, -0.2) is 16.1 Å². The molecule has 4 nitrogen and oxygen atoms in total. The third-order valence-electron chi connectivity index (χ3n) is 3.17. The van der Waals surface area contributed by atoms with Crippen LogP contribution in [0.25, 0.3) is 6.08 Å². The highest BCUT2D eigenvalue weighted by Gasteiger charge is 2.07. The van der Waals surface area contributed by atoms with Gasteiger partial charge in [0.2, 0.25) is 11.0 Å². The van der Waals surface area contributed by atoms with Crippen molar-refractivity contribution in [3.8, 4) is 0 Å². The Morgan fingerprint density at radius 2 is 1.96 bits per heavy atom. The maximum Gasteiger partial charge on any atom is 0.250 e. The van der Waals surface area contributed by atoms with Crippen LogP contribution in [0.1, 0.15) is 16.1 Å². The third kappa shape index (κ3) is 4.84. The number of anilines is 1. The van der Waals surface area contributed by atoms with Crippen molar-refractivity contribution in [1.82, 2.24) is 10.2 Å². The lowest BCUT2D eigenvalue weighted by molar-refractivity contribution is -0.111. The van der Waals surface area contributed by atoms with Crippen molar-refractivity contribution >= 4 is 44.4 Å². The Hall–Kier alpha value is -2.31. The molecule has 0 spiro atoms. The largest absolute Gasteiger partial charge is 0.297 e. The number of hydrogen-bond donors (Lipinski definition) is 1. The average Bonchev–Trinajstić information content (AvgIpc) is 3.01. The van der Waals surface area contributed by atoms with Gasteiger partial charge in [-0.2, -0.15) is 0 Å². The summed E-state index contributed by atoms with van der Waals surface area (Å²) in [7, 11) is 0. The molecule has 6 heteroatoms. The summed E-state index contributed by atoms with van der Waals surface area (Å²) in [6, 6.07) is 17.8. The maximum atomic E-state index is 12.0. The first-order valence-corrected chi connectivity index (χ1v) is 8.91. The molecule has 0 aliphatic heterocycles. The predicted octanol–water partition coefficient (Wildman–Crippen LogP) is 4.54. The molecule has 0 aliphatic rings. The predicted molar refractivity (Wildman–Crippen MR) is 101 cm³/mol. The summed E-state index contributed by atoms with van der Waals surface area (Å²) in [4.78, 5) is 12.0. The fraction of sp³-hybridized carbons (Fsp3) is 0.0556. The first-order valence-electron chi connectivity index (χ1n) is 7.30. The van der Waals surface area contributed by atoms with E-state index < -0.39 is 0 Å². The van der Waals surface area contributed by atoms with E-state index >= 15 is 0 Å². The van der Waals surface area contributed by atoms with Crippen LogP contribution in [0.4, 0.5) is 5.13 Å². The van der Waals surface area contributed by atoms with E-state index in [2.05, 4.69) is 31.4 Å². The highest BCUT2D eigenvalue weighted by Crippen LogP contribution is 2.18. The Morgan fingerprint density at radius 1 is 1.12 bits per heavy atom. The van der Waals surface area contributed by atoms with E-state index in [9.17, 15) is 4.79 Å². The van der Waals surface area contributed by atoms with Crippen molar-refractivity contribution in [2.24, 2.45) is 0 Å². The third-order valence-corrected chi connectivity index (χ3v) is 4.50. The first-order chi connectivity index (χ1) is 11.7. The summed E-state index contributed by atoms with van der Waals surface area (Å²) in [5, 5.41) is 12.2. The van der Waals surface area contributed by atoms with E-state index in [0.29, 0.717) is 11.6 Å². The van der Waals surface area contributed by atoms with Crippen molar-refractivity contribution in [3.63, 3.8) is 0 Å². The number of benzene rings is 2. The average molecular weight is 400 g/mol. The minimum absolute atomic E-state index is 0.225. The number of rotatable bonds is 5. The monoisotopic (exact) mass is 399 g/mol. The Labute approximate surface area is 152 Å². The molecule has 3 rings (SSSR count). The summed E-state index contributed by atoms with van der Waals surface area (Å²) < 4.78 is 0.972. The first kappa shape index (κ1) is 16.5. The number of carbonyl (C=O) groups excluding carboxylic acids is 1. The van der Waals surface area contributed by atoms with Gasteiger partial charge in [0.25, 0.3) is 0 Å². The second kappa shape index (κ2) is 7.99. The van der Waals surface area contributed by atoms with E-state index in [-0.39, 0.29) is 5.91 Å². The Bertz CT molecular complexity index is 861. The normalized spacial score (nSPS) is 10.9. The van der Waals surface area contributed by atoms with Crippen LogP contribution in [0.5, 0.6) is 0 Å². The fourth-order valence-electron chi connectivity index (χ4n) is 2.08. The van der Waals surface area contributed by atoms with Gasteiger partial charge in [-0.05, 0) is 29.3 Å². The number of nitrogens with zero attached hydrogens (tertiary/aromatic N) is 2. The van der Waals surface area contributed by atoms with Crippen molar-refractivity contribution in [1.29, 1.82) is 0 Å². The Balaban J connectivity index is 1.59. The van der Waals surface area contributed by atoms with Crippen molar-refractivity contribution < 1.29 is 4.79 Å². The van der Waals surface area contributed by atoms with Gasteiger partial charge >= 0.3 is 0 Å². The number of amides is 1. The van der Waals surface area contributed by atoms with E-state index in [1.165, 1.54) is 23.0 Å². The number of carbonyl (C=O) groups is 1. The standard InChI is InChI=1S/C18H14BrN3OS/c19-15-8-4-7-14(11-15)9-10-16(23)20-18-22-21-17(24-18)12-13-5-2-1-3-6-13/h1-11H,12H2,(H,20,22,23)/b10-9+. The Kier molecular flexibility index (Phi) is 5.51. The summed E-state index contributed by atoms with van der Waals surface area (Å²) in [6.07, 6.45) is 3.95. The zero-order valence-electron chi connectivity index (χ0n) is 12.6. The van der Waals surface area contributed by atoms with Gasteiger partial charge in [0, 0.05) is 17.0 Å². The molecule has 120 valence electrons. The molecule has 0 unspecified atom stereocenters. The van der Waals surface area contributed by atoms with Crippen molar-refractivity contribution in [2.75, 3.05) is 5.32 Å². The molecular formula is C18H14BrN3OS. The number of halogens is 1. The minimum Gasteiger partial charge on any atom is -0.297 e. The molecule has 2 aromatic carbocycles. The van der Waals surface area contributed by atoms with Crippen LogP contribution in [0, 0.1) is 0 Å². The minimum atomic E-state index is -0.225. The molecule has 1 N–H and O–H groups in total. The summed E-state index contributed by atoms with van der Waals surface area (Å²) in [6.45, 7) is 0. The van der Waals surface area contributed by atoms with Gasteiger partial charge < -0.3 is 0 Å². The summed E-state index contributed by atoms with van der Waals surface area (Å²) in [5.74, 6) is -0.225. The van der Waals surface area contributed by atoms with Gasteiger partial charge in [-0.1, -0.05) is 69.7 Å². The molecule has 0 bridgehead atoms. The highest BCUT2D eigenvalue weighted by molar-refractivity contribution is 9.10. The molecule has 0 aliphatic carbocycles. The van der Waals surface area contributed by atoms with Gasteiger partial charge in [-0.3, -0.25) is 10.1 Å². The molecule has 0 fully saturated rings. The molecule has 24 heavy (non-hydrogen) atoms. The molecule has 0 atom stereocenters. The maximum absolute atomic E-state index is 12.0. The number of aromatic nitrogens is 2. The molecule has 1 amide bonds. The second-order valence-corrected chi connectivity index (χ2v) is 7.02. The summed E-state index contributed by atoms with van der Waals surface area (Å²) >= 11 is 4.79. The topological polar surface area (TPSA) is 54.9 Å². The van der Waals surface area contributed by atoms with E-state index in [1.807, 2.05) is 54.6 Å². The second-order valence-electron chi connectivity index (χ2n) is 5.04. The number of nitrogens with one attached hydrogen (secondary N) is 1. The van der Waals surface area contributed by atoms with Gasteiger partial charge in [-0.15, -0.1) is 10.2 Å². The quantitative estimate of drug-likeness (QED) is 0.640. The molecule has 0 radical (unpaired) electrons. The van der Waals surface area contributed by atoms with Crippen molar-refractivity contribution in [2.45, 2.75) is 6.42 Å². The fourth-order valence-corrected chi connectivity index (χ4v) is 3.27. The molecule has 1 aromatic heterocycles. The molecule has 3 aromatic rings. The Morgan fingerprint density at radius 3 is 2.75 bits per heavy atom. The van der Waals surface area contributed by atoms with Gasteiger partial charge in [-0.25, -0.2) is 0 Å². The SMILES string of the molecule is O=C(/C=C/c1cccc(Br)c1)Nc1nnc(Cc2ccccc2)s1. The van der Waals surface area contributed by atoms with E-state index in [0.717, 1.165) is 15.0 Å². The van der Waals surface area contributed by atoms with Crippen LogP contribution in [0.2, 0.25) is 0 Å². The van der Waals surface area contributed by atoms with E-state index in [1.54, 1.807) is 6.08 Å². The van der Waals surface area contributed by atoms with Crippen molar-refractivity contribution in [3.05, 3.63) is 81.3 Å². The van der Waals surface area contributed by atoms with Crippen LogP contribution >= 0.6 is 27.3 Å². The van der Waals surface area contributed by atoms with E-state index in [4.69, 9.17) is 0 Å². The molecular weight excluding hydrogens is 386 g/mol. The molecule has 1 heterocycles. The highest BCUT2D eigenvalue weighted by atomic mass is 79.9. The van der Waals surface area contributed by atoms with Gasteiger partial charge in [0.1, 0.15) is 5.01 Å². The lowest BCUT2D eigenvalue weighted by Gasteiger charge is -1.96.